The van der Waals surface area contributed by atoms with Crippen molar-refractivity contribution >= 4 is 118 Å². The zero-order valence-electron chi connectivity index (χ0n) is 38.4. The van der Waals surface area contributed by atoms with Gasteiger partial charge in [-0.05, 0) is 73.5 Å². The van der Waals surface area contributed by atoms with Gasteiger partial charge in [-0.15, -0.1) is 22.7 Å². The quantitative estimate of drug-likeness (QED) is 0.0339. The predicted octanol–water partition coefficient (Wildman–Crippen LogP) is -3.28. The monoisotopic (exact) mass is 1120 g/mol. The normalized spacial score (nSPS) is 11.8. The topological polar surface area (TPSA) is 323 Å². The number of nitrogens with zero attached hydrogens (tertiary/aromatic N) is 6. The van der Waals surface area contributed by atoms with E-state index in [0.29, 0.717) is 33.2 Å². The first-order valence-corrected chi connectivity index (χ1v) is 26.3. The summed E-state index contributed by atoms with van der Waals surface area (Å²) >= 11 is 2.43. The van der Waals surface area contributed by atoms with Crippen LogP contribution < -0.4 is 118 Å². The van der Waals surface area contributed by atoms with Crippen LogP contribution in [0, 0.1) is 23.7 Å². The molecular formula is C42H26N6Na4O14S6. The minimum absolute atomic E-state index is 0. The first-order chi connectivity index (χ1) is 31.8. The summed E-state index contributed by atoms with van der Waals surface area (Å²) in [7, 11) is -21.5. The molecule has 0 amide bonds. The second-order valence-corrected chi connectivity index (χ2v) is 22.0. The first-order valence-electron chi connectivity index (χ1n) is 19.0. The Morgan fingerprint density at radius 2 is 0.806 bits per heavy atom. The van der Waals surface area contributed by atoms with E-state index in [0.717, 1.165) is 58.0 Å². The Bertz CT molecular complexity index is 3650. The van der Waals surface area contributed by atoms with Crippen LogP contribution in [-0.4, -0.2) is 71.6 Å². The molecule has 72 heavy (non-hydrogen) atoms. The molecule has 0 radical (unpaired) electrons. The molecule has 0 N–H and O–H groups in total. The van der Waals surface area contributed by atoms with Crippen LogP contribution in [0.2, 0.25) is 0 Å². The molecule has 348 valence electrons. The van der Waals surface area contributed by atoms with E-state index in [9.17, 15) is 61.7 Å². The molecule has 0 saturated heterocycles. The molecule has 0 aliphatic rings. The Hall–Kier alpha value is -2.72. The van der Waals surface area contributed by atoms with Gasteiger partial charge in [0.2, 0.25) is 0 Å². The third-order valence-electron chi connectivity index (χ3n) is 9.95. The number of para-hydroxylation sites is 2. The van der Waals surface area contributed by atoms with Crippen molar-refractivity contribution in [2.75, 3.05) is 0 Å². The fourth-order valence-electron chi connectivity index (χ4n) is 6.84. The molecule has 8 rings (SSSR count). The minimum atomic E-state index is -5.45. The summed E-state index contributed by atoms with van der Waals surface area (Å²) in [5.41, 5.74) is 5.95. The molecule has 30 heteroatoms. The van der Waals surface area contributed by atoms with Crippen molar-refractivity contribution in [3.05, 3.63) is 152 Å². The van der Waals surface area contributed by atoms with Gasteiger partial charge in [0.1, 0.15) is 50.5 Å². The number of thiazole rings is 2. The second-order valence-electron chi connectivity index (χ2n) is 14.6. The maximum atomic E-state index is 13.4. The van der Waals surface area contributed by atoms with Gasteiger partial charge in [-0.1, -0.05) is 71.1 Å². The maximum Gasteiger partial charge on any atom is 1.00 e. The second kappa shape index (κ2) is 24.1. The fraction of sp³-hybridized carbons (Fsp3) is 0.0476. The van der Waals surface area contributed by atoms with E-state index >= 15 is 0 Å². The summed E-state index contributed by atoms with van der Waals surface area (Å²) in [4.78, 5) is 31.4. The Balaban J connectivity index is 0.00000281. The number of hydrogen-bond donors (Lipinski definition) is 0. The van der Waals surface area contributed by atoms with Crippen molar-refractivity contribution in [2.24, 2.45) is 0 Å². The standard InChI is InChI=1S/C42H30N6O14S6.4Na/c1-23-17-27(41-43-31-7-3-5-9-33(31)63-41)19-37(67(57,58)59)39(23)45-47(49)29-15-13-25(35(21-29)65(51,52)53)11-12-26-14-16-30(22-36(26)66(54,55)56)48(50)46-40-24(2)18-28(20-38(40)68(60,61)62)42-44-32-8-4-6-10-34(32)64-42;;;;/h3-22H,1-2H3,(H,51,52,53)(H,54,55,56)(H,57,58,59)(H,60,61,62);;;;/q;4*+1/p-4. The number of aryl methyl sites for hydroxylation is 2. The van der Waals surface area contributed by atoms with E-state index in [1.165, 1.54) is 48.7 Å². The van der Waals surface area contributed by atoms with Crippen LogP contribution in [-0.2, 0) is 40.5 Å². The zero-order chi connectivity index (χ0) is 49.1. The van der Waals surface area contributed by atoms with Gasteiger partial charge in [-0.3, -0.25) is 0 Å². The predicted molar refractivity (Wildman–Crippen MR) is 246 cm³/mol. The van der Waals surface area contributed by atoms with Gasteiger partial charge in [-0.25, -0.2) is 43.6 Å². The van der Waals surface area contributed by atoms with E-state index in [1.807, 2.05) is 0 Å². The smallest absolute Gasteiger partial charge is 0.744 e. The largest absolute Gasteiger partial charge is 1.00 e. The summed E-state index contributed by atoms with van der Waals surface area (Å²) in [6, 6.07) is 24.0. The Morgan fingerprint density at radius 1 is 0.472 bits per heavy atom. The molecule has 0 saturated carbocycles. The van der Waals surface area contributed by atoms with Gasteiger partial charge in [0.25, 0.3) is 11.4 Å². The van der Waals surface area contributed by atoms with Crippen molar-refractivity contribution < 1.29 is 180 Å². The van der Waals surface area contributed by atoms with Gasteiger partial charge in [0, 0.05) is 64.7 Å². The van der Waals surface area contributed by atoms with Gasteiger partial charge in [-0.2, -0.15) is 0 Å². The van der Waals surface area contributed by atoms with Gasteiger partial charge in [0.15, 0.2) is 0 Å². The number of rotatable bonds is 14. The number of aromatic nitrogens is 2. The Morgan fingerprint density at radius 3 is 1.12 bits per heavy atom. The van der Waals surface area contributed by atoms with Crippen molar-refractivity contribution in [3.8, 4) is 21.1 Å². The third-order valence-corrected chi connectivity index (χ3v) is 15.6. The average Bonchev–Trinajstić information content (AvgIpc) is 3.90. The van der Waals surface area contributed by atoms with Crippen LogP contribution in [0.5, 0.6) is 0 Å². The molecule has 20 nitrogen and oxygen atoms in total. The van der Waals surface area contributed by atoms with Crippen LogP contribution in [0.4, 0.5) is 22.7 Å². The SMILES string of the molecule is Cc1cc(-c2nc3ccccc3s2)cc(S(=O)(=O)[O-])c1[N-][N+](=O)c1ccc(C=Cc2ccc([N+](=O)[N-]c3c(C)cc(-c4nc5ccccc5s4)cc3S(=O)(=O)[O-])cc2S(=O)(=O)[O-])c(S(=O)(=O)[O-])c1.[Na+].[Na+].[Na+].[Na+]. The fourth-order valence-corrected chi connectivity index (χ4v) is 11.5. The van der Waals surface area contributed by atoms with E-state index in [-0.39, 0.29) is 150 Å². The van der Waals surface area contributed by atoms with E-state index < -0.39 is 93.9 Å². The molecule has 2 heterocycles. The van der Waals surface area contributed by atoms with Crippen LogP contribution in [0.1, 0.15) is 22.3 Å². The molecule has 6 aromatic carbocycles. The minimum Gasteiger partial charge on any atom is -0.744 e. The Labute approximate surface area is 508 Å². The van der Waals surface area contributed by atoms with Crippen LogP contribution in [0.15, 0.2) is 129 Å². The van der Waals surface area contributed by atoms with Gasteiger partial charge < -0.3 is 29.1 Å². The molecular weight excluding hydrogens is 1100 g/mol. The number of benzene rings is 6. The molecule has 0 bridgehead atoms. The Kier molecular flexibility index (Phi) is 20.7. The van der Waals surface area contributed by atoms with E-state index in [1.54, 1.807) is 48.5 Å². The first kappa shape index (κ1) is 61.8. The van der Waals surface area contributed by atoms with Crippen molar-refractivity contribution in [2.45, 2.75) is 33.4 Å². The maximum absolute atomic E-state index is 13.4. The van der Waals surface area contributed by atoms with Gasteiger partial charge >= 0.3 is 118 Å². The molecule has 8 aromatic rings. The summed E-state index contributed by atoms with van der Waals surface area (Å²) in [5.74, 6) is 0. The molecule has 0 fully saturated rings. The average molecular weight is 1120 g/mol. The summed E-state index contributed by atoms with van der Waals surface area (Å²) < 4.78 is 151. The van der Waals surface area contributed by atoms with Crippen molar-refractivity contribution in [1.29, 1.82) is 0 Å². The molecule has 2 aromatic heterocycles. The molecule has 0 spiro atoms. The summed E-state index contributed by atoms with van der Waals surface area (Å²) in [6.07, 6.45) is 1.80. The van der Waals surface area contributed by atoms with Crippen LogP contribution in [0.25, 0.3) is 64.6 Å². The van der Waals surface area contributed by atoms with Crippen molar-refractivity contribution in [1.82, 2.24) is 9.97 Å². The summed E-state index contributed by atoms with van der Waals surface area (Å²) in [6.45, 7) is 2.74. The van der Waals surface area contributed by atoms with E-state index in [2.05, 4.69) is 20.8 Å². The van der Waals surface area contributed by atoms with Crippen LogP contribution >= 0.6 is 22.7 Å². The third kappa shape index (κ3) is 13.8. The number of fused-ring (bicyclic) bond motifs is 2. The van der Waals surface area contributed by atoms with Crippen molar-refractivity contribution in [3.63, 3.8) is 0 Å². The molecule has 0 unspecified atom stereocenters. The zero-order valence-corrected chi connectivity index (χ0v) is 51.3. The summed E-state index contributed by atoms with van der Waals surface area (Å²) in [5, 5.41) is 0.725. The number of nitroso groups, excluding NO2 is 2. The van der Waals surface area contributed by atoms with Gasteiger partial charge in [0.05, 0.1) is 30.2 Å². The van der Waals surface area contributed by atoms with E-state index in [4.69, 9.17) is 0 Å². The molecule has 0 aliphatic heterocycles. The van der Waals surface area contributed by atoms with Crippen LogP contribution in [0.3, 0.4) is 0 Å². The molecule has 0 aliphatic carbocycles. The number of hydrogen-bond acceptors (Lipinski definition) is 18. The molecule has 0 atom stereocenters.